The molecule has 0 spiro atoms. The third-order valence-corrected chi connectivity index (χ3v) is 2.39. The van der Waals surface area contributed by atoms with Crippen LogP contribution in [0.1, 0.15) is 5.56 Å². The average Bonchev–Trinajstić information content (AvgIpc) is 2.10. The molecule has 1 rings (SSSR count). The van der Waals surface area contributed by atoms with Crippen LogP contribution in [-0.4, -0.2) is 10.4 Å². The lowest BCUT2D eigenvalue weighted by atomic mass is 10.2. The molecule has 0 fully saturated rings. The largest absolute Gasteiger partial charge is 0.446 e. The average molecular weight is 255 g/mol. The fourth-order valence-corrected chi connectivity index (χ4v) is 1.70. The minimum Gasteiger partial charge on any atom is -0.258 e. The van der Waals surface area contributed by atoms with E-state index in [2.05, 4.69) is 0 Å². The highest BCUT2D eigenvalue weighted by atomic mass is 32.2. The molecule has 0 saturated carbocycles. The molecule has 0 atom stereocenters. The van der Waals surface area contributed by atoms with Gasteiger partial charge in [0.1, 0.15) is 5.82 Å². The van der Waals surface area contributed by atoms with Crippen LogP contribution in [0.2, 0.25) is 0 Å². The van der Waals surface area contributed by atoms with Crippen molar-refractivity contribution in [1.29, 1.82) is 0 Å². The molecule has 3 nitrogen and oxygen atoms in total. The van der Waals surface area contributed by atoms with Gasteiger partial charge in [-0.2, -0.15) is 13.2 Å². The van der Waals surface area contributed by atoms with E-state index in [1.807, 2.05) is 0 Å². The first-order chi connectivity index (χ1) is 7.20. The molecule has 0 bridgehead atoms. The van der Waals surface area contributed by atoms with Crippen molar-refractivity contribution in [2.45, 2.75) is 17.3 Å². The van der Waals surface area contributed by atoms with Crippen LogP contribution in [0.15, 0.2) is 17.0 Å². The fraction of sp³-hybridized carbons (Fsp3) is 0.250. The van der Waals surface area contributed by atoms with E-state index in [-0.39, 0.29) is 5.56 Å². The predicted octanol–water partition coefficient (Wildman–Crippen LogP) is 3.65. The van der Waals surface area contributed by atoms with Gasteiger partial charge in [0.05, 0.1) is 9.82 Å². The number of benzene rings is 1. The van der Waals surface area contributed by atoms with Gasteiger partial charge in [0.2, 0.25) is 0 Å². The van der Waals surface area contributed by atoms with Gasteiger partial charge in [-0.05, 0) is 24.2 Å². The second kappa shape index (κ2) is 4.28. The minimum absolute atomic E-state index is 0.194. The number of nitro benzene ring substituents is 1. The lowest BCUT2D eigenvalue weighted by Crippen LogP contribution is -2.02. The van der Waals surface area contributed by atoms with Crippen LogP contribution in [0.3, 0.4) is 0 Å². The van der Waals surface area contributed by atoms with Crippen molar-refractivity contribution in [1.82, 2.24) is 0 Å². The zero-order chi connectivity index (χ0) is 12.5. The second-order valence-corrected chi connectivity index (χ2v) is 3.99. The summed E-state index contributed by atoms with van der Waals surface area (Å²) < 4.78 is 49.3. The highest BCUT2D eigenvalue weighted by molar-refractivity contribution is 8.00. The van der Waals surface area contributed by atoms with Gasteiger partial charge >= 0.3 is 5.51 Å². The van der Waals surface area contributed by atoms with Gasteiger partial charge in [-0.3, -0.25) is 10.1 Å². The maximum Gasteiger partial charge on any atom is 0.446 e. The molecule has 0 aromatic heterocycles. The van der Waals surface area contributed by atoms with E-state index in [0.717, 1.165) is 6.07 Å². The molecule has 1 aromatic rings. The number of aryl methyl sites for hydroxylation is 1. The Bertz CT molecular complexity index is 433. The zero-order valence-corrected chi connectivity index (χ0v) is 8.66. The van der Waals surface area contributed by atoms with Gasteiger partial charge in [0.25, 0.3) is 5.69 Å². The van der Waals surface area contributed by atoms with Crippen LogP contribution < -0.4 is 0 Å². The number of rotatable bonds is 2. The summed E-state index contributed by atoms with van der Waals surface area (Å²) in [5.41, 5.74) is -5.44. The highest BCUT2D eigenvalue weighted by Gasteiger charge is 2.32. The summed E-state index contributed by atoms with van der Waals surface area (Å²) >= 11 is -0.706. The molecule has 8 heteroatoms. The van der Waals surface area contributed by atoms with Gasteiger partial charge in [-0.15, -0.1) is 0 Å². The SMILES string of the molecule is Cc1cc([N+](=O)[O-])cc(SC(F)(F)F)c1F. The van der Waals surface area contributed by atoms with Crippen molar-refractivity contribution in [2.24, 2.45) is 0 Å². The van der Waals surface area contributed by atoms with E-state index < -0.39 is 38.6 Å². The Kier molecular flexibility index (Phi) is 3.41. The van der Waals surface area contributed by atoms with E-state index >= 15 is 0 Å². The second-order valence-electron chi connectivity index (χ2n) is 2.88. The molecule has 88 valence electrons. The van der Waals surface area contributed by atoms with E-state index in [9.17, 15) is 27.7 Å². The molecule has 0 saturated heterocycles. The normalized spacial score (nSPS) is 11.6. The molecular formula is C8H5F4NO2S. The third-order valence-electron chi connectivity index (χ3n) is 1.64. The van der Waals surface area contributed by atoms with E-state index in [0.29, 0.717) is 6.07 Å². The number of thioether (sulfide) groups is 1. The number of nitrogens with zero attached hydrogens (tertiary/aromatic N) is 1. The van der Waals surface area contributed by atoms with Crippen LogP contribution in [0.5, 0.6) is 0 Å². The number of non-ortho nitro benzene ring substituents is 1. The molecule has 0 heterocycles. The summed E-state index contributed by atoms with van der Waals surface area (Å²) in [4.78, 5) is 8.71. The van der Waals surface area contributed by atoms with Crippen molar-refractivity contribution in [3.63, 3.8) is 0 Å². The number of alkyl halides is 3. The van der Waals surface area contributed by atoms with Crippen molar-refractivity contribution >= 4 is 17.4 Å². The van der Waals surface area contributed by atoms with Crippen LogP contribution in [-0.2, 0) is 0 Å². The first kappa shape index (κ1) is 12.8. The zero-order valence-electron chi connectivity index (χ0n) is 7.84. The van der Waals surface area contributed by atoms with Crippen LogP contribution in [0.25, 0.3) is 0 Å². The van der Waals surface area contributed by atoms with Gasteiger partial charge in [0, 0.05) is 12.1 Å². The van der Waals surface area contributed by atoms with Crippen LogP contribution in [0, 0.1) is 22.9 Å². The Balaban J connectivity index is 3.22. The van der Waals surface area contributed by atoms with E-state index in [1.54, 1.807) is 0 Å². The topological polar surface area (TPSA) is 43.1 Å². The summed E-state index contributed by atoms with van der Waals surface area (Å²) in [7, 11) is 0. The lowest BCUT2D eigenvalue weighted by Gasteiger charge is -2.07. The number of halogens is 4. The quantitative estimate of drug-likeness (QED) is 0.350. The molecule has 0 aliphatic carbocycles. The van der Waals surface area contributed by atoms with Crippen molar-refractivity contribution in [3.8, 4) is 0 Å². The minimum atomic E-state index is -4.68. The monoisotopic (exact) mass is 255 g/mol. The van der Waals surface area contributed by atoms with Crippen molar-refractivity contribution in [3.05, 3.63) is 33.6 Å². The molecule has 16 heavy (non-hydrogen) atoms. The number of nitro groups is 1. The fourth-order valence-electron chi connectivity index (χ4n) is 1.02. The molecule has 0 aliphatic rings. The maximum absolute atomic E-state index is 13.2. The highest BCUT2D eigenvalue weighted by Crippen LogP contribution is 2.40. The first-order valence-electron chi connectivity index (χ1n) is 3.91. The van der Waals surface area contributed by atoms with Crippen LogP contribution >= 0.6 is 11.8 Å². The molecule has 0 N–H and O–H groups in total. The Morgan fingerprint density at radius 3 is 2.38 bits per heavy atom. The summed E-state index contributed by atoms with van der Waals surface area (Å²) in [6.45, 7) is 1.17. The van der Waals surface area contributed by atoms with Gasteiger partial charge in [-0.1, -0.05) is 0 Å². The Hall–Kier alpha value is -1.31. The maximum atomic E-state index is 13.2. The van der Waals surface area contributed by atoms with Gasteiger partial charge in [-0.25, -0.2) is 4.39 Å². The Morgan fingerprint density at radius 2 is 1.94 bits per heavy atom. The third kappa shape index (κ3) is 3.09. The van der Waals surface area contributed by atoms with Gasteiger partial charge in [0.15, 0.2) is 0 Å². The van der Waals surface area contributed by atoms with E-state index in [4.69, 9.17) is 0 Å². The number of hydrogen-bond acceptors (Lipinski definition) is 3. The Morgan fingerprint density at radius 1 is 1.38 bits per heavy atom. The molecule has 0 unspecified atom stereocenters. The van der Waals surface area contributed by atoms with Gasteiger partial charge < -0.3 is 0 Å². The summed E-state index contributed by atoms with van der Waals surface area (Å²) in [6, 6.07) is 1.45. The smallest absolute Gasteiger partial charge is 0.258 e. The summed E-state index contributed by atoms with van der Waals surface area (Å²) in [5.74, 6) is -1.09. The number of hydrogen-bond donors (Lipinski definition) is 0. The van der Waals surface area contributed by atoms with Crippen molar-refractivity contribution < 1.29 is 22.5 Å². The first-order valence-corrected chi connectivity index (χ1v) is 4.72. The Labute approximate surface area is 91.6 Å². The standard InChI is InChI=1S/C8H5F4NO2S/c1-4-2-5(13(14)15)3-6(7(4)9)16-8(10,11)12/h2-3H,1H3. The molecule has 1 aromatic carbocycles. The lowest BCUT2D eigenvalue weighted by molar-refractivity contribution is -0.385. The van der Waals surface area contributed by atoms with Crippen LogP contribution in [0.4, 0.5) is 23.2 Å². The molecule has 0 radical (unpaired) electrons. The molecule has 0 aliphatic heterocycles. The van der Waals surface area contributed by atoms with Crippen molar-refractivity contribution in [2.75, 3.05) is 0 Å². The predicted molar refractivity (Wildman–Crippen MR) is 49.7 cm³/mol. The molecular weight excluding hydrogens is 250 g/mol. The van der Waals surface area contributed by atoms with E-state index in [1.165, 1.54) is 6.92 Å². The summed E-state index contributed by atoms with van der Waals surface area (Å²) in [5, 5.41) is 10.4. The summed E-state index contributed by atoms with van der Waals surface area (Å²) in [6.07, 6.45) is 0. The molecule has 0 amide bonds.